The van der Waals surface area contributed by atoms with Crippen LogP contribution in [-0.2, 0) is 11.3 Å². The molecule has 1 fully saturated rings. The summed E-state index contributed by atoms with van der Waals surface area (Å²) in [6.45, 7) is 7.15. The molecule has 0 spiro atoms. The maximum atomic E-state index is 10.7. The van der Waals surface area contributed by atoms with Crippen LogP contribution in [0.1, 0.15) is 29.5 Å². The molecule has 2 atom stereocenters. The highest BCUT2D eigenvalue weighted by Gasteiger charge is 2.22. The highest BCUT2D eigenvalue weighted by Crippen LogP contribution is 2.22. The van der Waals surface area contributed by atoms with Gasteiger partial charge in [0.2, 0.25) is 0 Å². The van der Waals surface area contributed by atoms with E-state index in [-0.39, 0.29) is 12.7 Å². The van der Waals surface area contributed by atoms with Crippen molar-refractivity contribution in [3.05, 3.63) is 59.2 Å². The summed E-state index contributed by atoms with van der Waals surface area (Å²) in [5.74, 6) is 1.70. The fourth-order valence-electron chi connectivity index (χ4n) is 3.75. The maximum Gasteiger partial charge on any atom is 0.123 e. The van der Waals surface area contributed by atoms with Crippen LogP contribution in [0.2, 0.25) is 0 Å². The van der Waals surface area contributed by atoms with Gasteiger partial charge in [0, 0.05) is 31.8 Å². The zero-order valence-corrected chi connectivity index (χ0v) is 17.8. The second-order valence-corrected chi connectivity index (χ2v) is 7.87. The number of hydrogen-bond acceptors (Lipinski definition) is 5. The minimum atomic E-state index is -0.592. The first-order valence-electron chi connectivity index (χ1n) is 10.4. The number of aryl methyl sites for hydroxylation is 2. The van der Waals surface area contributed by atoms with E-state index in [1.54, 1.807) is 7.11 Å². The van der Waals surface area contributed by atoms with Crippen LogP contribution in [-0.4, -0.2) is 55.6 Å². The molecule has 2 aromatic rings. The summed E-state index contributed by atoms with van der Waals surface area (Å²) >= 11 is 0. The van der Waals surface area contributed by atoms with Crippen LogP contribution in [0.15, 0.2) is 42.5 Å². The molecule has 29 heavy (non-hydrogen) atoms. The molecule has 0 radical (unpaired) electrons. The highest BCUT2D eigenvalue weighted by atomic mass is 16.5. The van der Waals surface area contributed by atoms with Crippen molar-refractivity contribution in [2.24, 2.45) is 0 Å². The lowest BCUT2D eigenvalue weighted by molar-refractivity contribution is 0.0310. The molecule has 0 amide bonds. The molecule has 2 aromatic carbocycles. The molecule has 5 nitrogen and oxygen atoms in total. The van der Waals surface area contributed by atoms with E-state index in [2.05, 4.69) is 17.0 Å². The fraction of sp³-hybridized carbons (Fsp3) is 0.500. The molecule has 2 unspecified atom stereocenters. The van der Waals surface area contributed by atoms with Crippen LogP contribution < -0.4 is 9.47 Å². The van der Waals surface area contributed by atoms with Gasteiger partial charge >= 0.3 is 0 Å². The van der Waals surface area contributed by atoms with Gasteiger partial charge in [-0.1, -0.05) is 30.3 Å². The Balaban J connectivity index is 1.62. The topological polar surface area (TPSA) is 51.2 Å². The van der Waals surface area contributed by atoms with Crippen LogP contribution in [0.4, 0.5) is 0 Å². The zero-order chi connectivity index (χ0) is 20.6. The Morgan fingerprint density at radius 1 is 1.17 bits per heavy atom. The SMILES string of the molecule is COc1ccccc1CN(CC(O)COc1cc(C)ccc1C)CC1CCCO1. The van der Waals surface area contributed by atoms with Crippen molar-refractivity contribution >= 4 is 0 Å². The fourth-order valence-corrected chi connectivity index (χ4v) is 3.75. The average Bonchev–Trinajstić information content (AvgIpc) is 3.22. The van der Waals surface area contributed by atoms with Gasteiger partial charge in [0.05, 0.1) is 13.2 Å². The lowest BCUT2D eigenvalue weighted by Crippen LogP contribution is -2.39. The Kier molecular flexibility index (Phi) is 7.92. The van der Waals surface area contributed by atoms with E-state index in [1.807, 2.05) is 44.2 Å². The molecule has 1 saturated heterocycles. The normalized spacial score (nSPS) is 17.5. The third kappa shape index (κ3) is 6.46. The van der Waals surface area contributed by atoms with E-state index < -0.39 is 6.10 Å². The van der Waals surface area contributed by atoms with Crippen LogP contribution in [0, 0.1) is 13.8 Å². The number of aliphatic hydroxyl groups excluding tert-OH is 1. The largest absolute Gasteiger partial charge is 0.496 e. The third-order valence-corrected chi connectivity index (χ3v) is 5.32. The van der Waals surface area contributed by atoms with Gasteiger partial charge in [0.1, 0.15) is 24.2 Å². The summed E-state index contributed by atoms with van der Waals surface area (Å²) in [4.78, 5) is 2.24. The lowest BCUT2D eigenvalue weighted by atomic mass is 10.1. The second kappa shape index (κ2) is 10.6. The van der Waals surface area contributed by atoms with E-state index in [0.717, 1.165) is 54.2 Å². The molecule has 1 aliphatic rings. The maximum absolute atomic E-state index is 10.7. The van der Waals surface area contributed by atoms with Gasteiger partial charge in [0.15, 0.2) is 0 Å². The van der Waals surface area contributed by atoms with Gasteiger partial charge in [-0.25, -0.2) is 0 Å². The number of para-hydroxylation sites is 1. The van der Waals surface area contributed by atoms with Gasteiger partial charge < -0.3 is 19.3 Å². The quantitative estimate of drug-likeness (QED) is 0.660. The molecular weight excluding hydrogens is 366 g/mol. The Hall–Kier alpha value is -2.08. The lowest BCUT2D eigenvalue weighted by Gasteiger charge is -2.28. The molecule has 0 aliphatic carbocycles. The monoisotopic (exact) mass is 399 g/mol. The molecular formula is C24H33NO4. The standard InChI is InChI=1S/C24H33NO4/c1-18-10-11-19(2)24(13-18)29-17-21(26)15-25(16-22-8-6-12-28-22)14-20-7-4-5-9-23(20)27-3/h4-5,7,9-11,13,21-22,26H,6,8,12,14-17H2,1-3H3. The molecule has 0 bridgehead atoms. The van der Waals surface area contributed by atoms with E-state index in [0.29, 0.717) is 13.1 Å². The number of hydrogen-bond donors (Lipinski definition) is 1. The smallest absolute Gasteiger partial charge is 0.123 e. The minimum Gasteiger partial charge on any atom is -0.496 e. The zero-order valence-electron chi connectivity index (χ0n) is 17.8. The van der Waals surface area contributed by atoms with E-state index in [4.69, 9.17) is 14.2 Å². The van der Waals surface area contributed by atoms with Crippen molar-refractivity contribution in [3.8, 4) is 11.5 Å². The molecule has 5 heteroatoms. The Bertz CT molecular complexity index is 773. The first-order valence-corrected chi connectivity index (χ1v) is 10.4. The molecule has 3 rings (SSSR count). The minimum absolute atomic E-state index is 0.219. The van der Waals surface area contributed by atoms with Crippen molar-refractivity contribution in [3.63, 3.8) is 0 Å². The number of benzene rings is 2. The molecule has 0 aromatic heterocycles. The van der Waals surface area contributed by atoms with Crippen LogP contribution in [0.3, 0.4) is 0 Å². The molecule has 0 saturated carbocycles. The van der Waals surface area contributed by atoms with Gasteiger partial charge in [-0.15, -0.1) is 0 Å². The molecule has 1 aliphatic heterocycles. The summed E-state index contributed by atoms with van der Waals surface area (Å²) < 4.78 is 17.3. The van der Waals surface area contributed by atoms with Gasteiger partial charge in [-0.2, -0.15) is 0 Å². The predicted molar refractivity (Wildman–Crippen MR) is 115 cm³/mol. The van der Waals surface area contributed by atoms with Crippen LogP contribution in [0.5, 0.6) is 11.5 Å². The predicted octanol–water partition coefficient (Wildman–Crippen LogP) is 3.73. The second-order valence-electron chi connectivity index (χ2n) is 7.87. The molecule has 158 valence electrons. The number of rotatable bonds is 10. The van der Waals surface area contributed by atoms with Gasteiger partial charge in [0.25, 0.3) is 0 Å². The third-order valence-electron chi connectivity index (χ3n) is 5.32. The van der Waals surface area contributed by atoms with Crippen molar-refractivity contribution in [2.75, 3.05) is 33.4 Å². The van der Waals surface area contributed by atoms with Gasteiger partial charge in [-0.05, 0) is 49.9 Å². The Morgan fingerprint density at radius 2 is 2.00 bits per heavy atom. The van der Waals surface area contributed by atoms with Crippen molar-refractivity contribution in [1.82, 2.24) is 4.90 Å². The first kappa shape index (κ1) is 21.6. The summed E-state index contributed by atoms with van der Waals surface area (Å²) in [6, 6.07) is 14.2. The summed E-state index contributed by atoms with van der Waals surface area (Å²) in [5, 5.41) is 10.7. The van der Waals surface area contributed by atoms with Crippen molar-refractivity contribution < 1.29 is 19.3 Å². The number of ether oxygens (including phenoxy) is 3. The van der Waals surface area contributed by atoms with Crippen molar-refractivity contribution in [1.29, 1.82) is 0 Å². The number of methoxy groups -OCH3 is 1. The van der Waals surface area contributed by atoms with E-state index in [9.17, 15) is 5.11 Å². The molecule has 1 N–H and O–H groups in total. The van der Waals surface area contributed by atoms with Gasteiger partial charge in [-0.3, -0.25) is 4.90 Å². The summed E-state index contributed by atoms with van der Waals surface area (Å²) in [7, 11) is 1.69. The number of nitrogens with zero attached hydrogens (tertiary/aromatic N) is 1. The molecule has 1 heterocycles. The first-order chi connectivity index (χ1) is 14.0. The summed E-state index contributed by atoms with van der Waals surface area (Å²) in [5.41, 5.74) is 3.33. The average molecular weight is 400 g/mol. The van der Waals surface area contributed by atoms with E-state index in [1.165, 1.54) is 0 Å². The Labute approximate surface area is 174 Å². The summed E-state index contributed by atoms with van der Waals surface area (Å²) in [6.07, 6.45) is 1.80. The van der Waals surface area contributed by atoms with Crippen LogP contribution in [0.25, 0.3) is 0 Å². The highest BCUT2D eigenvalue weighted by molar-refractivity contribution is 5.36. The number of aliphatic hydroxyl groups is 1. The van der Waals surface area contributed by atoms with Crippen LogP contribution >= 0.6 is 0 Å². The van der Waals surface area contributed by atoms with E-state index >= 15 is 0 Å². The van der Waals surface area contributed by atoms with Crippen molar-refractivity contribution in [2.45, 2.75) is 45.4 Å². The Morgan fingerprint density at radius 3 is 2.76 bits per heavy atom.